The molecule has 0 spiro atoms. The van der Waals surface area contributed by atoms with Gasteiger partial charge in [0.2, 0.25) is 5.91 Å². The normalized spacial score (nSPS) is 20.1. The van der Waals surface area contributed by atoms with E-state index in [1.807, 2.05) is 0 Å². The maximum Gasteiger partial charge on any atom is 0.264 e. The van der Waals surface area contributed by atoms with Crippen molar-refractivity contribution in [2.45, 2.75) is 32.7 Å². The van der Waals surface area contributed by atoms with E-state index in [1.54, 1.807) is 18.2 Å². The van der Waals surface area contributed by atoms with Gasteiger partial charge in [-0.1, -0.05) is 31.2 Å². The summed E-state index contributed by atoms with van der Waals surface area (Å²) in [4.78, 5) is 63.7. The lowest BCUT2D eigenvalue weighted by Gasteiger charge is -2.38. The molecule has 2 aliphatic rings. The monoisotopic (exact) mass is 441 g/mol. The molecular formula is C22H20ClN3O5. The van der Waals surface area contributed by atoms with Gasteiger partial charge in [0.25, 0.3) is 23.6 Å². The Balaban J connectivity index is 0.00000272. The minimum absolute atomic E-state index is 0. The number of nitrogens with one attached hydrogen (secondary N) is 2. The van der Waals surface area contributed by atoms with E-state index in [4.69, 9.17) is 11.6 Å². The highest BCUT2D eigenvalue weighted by atomic mass is 35.5. The Morgan fingerprint density at radius 3 is 2.48 bits per heavy atom. The van der Waals surface area contributed by atoms with Crippen LogP contribution in [-0.2, 0) is 9.59 Å². The van der Waals surface area contributed by atoms with Crippen LogP contribution in [0.2, 0.25) is 5.02 Å². The van der Waals surface area contributed by atoms with E-state index in [0.717, 1.165) is 4.90 Å². The number of hydrogen-bond acceptors (Lipinski definition) is 5. The zero-order chi connectivity index (χ0) is 21.6. The molecule has 5 amide bonds. The molecule has 0 radical (unpaired) electrons. The Morgan fingerprint density at radius 1 is 1.10 bits per heavy atom. The number of hydrogen-bond donors (Lipinski definition) is 2. The number of carbonyl (C=O) groups excluding carboxylic acids is 5. The molecule has 31 heavy (non-hydrogen) atoms. The van der Waals surface area contributed by atoms with Crippen molar-refractivity contribution in [2.75, 3.05) is 5.32 Å². The van der Waals surface area contributed by atoms with E-state index < -0.39 is 35.1 Å². The van der Waals surface area contributed by atoms with Gasteiger partial charge >= 0.3 is 0 Å². The van der Waals surface area contributed by atoms with Crippen LogP contribution in [0.4, 0.5) is 5.69 Å². The summed E-state index contributed by atoms with van der Waals surface area (Å²) in [5, 5.41) is 5.20. The van der Waals surface area contributed by atoms with E-state index in [2.05, 4.69) is 10.6 Å². The van der Waals surface area contributed by atoms with Gasteiger partial charge in [-0.15, -0.1) is 0 Å². The number of benzene rings is 2. The summed E-state index contributed by atoms with van der Waals surface area (Å²) >= 11 is 5.93. The van der Waals surface area contributed by atoms with Gasteiger partial charge in [-0.2, -0.15) is 0 Å². The zero-order valence-corrected chi connectivity index (χ0v) is 16.6. The number of anilines is 1. The molecule has 2 heterocycles. The molecule has 0 aliphatic carbocycles. The van der Waals surface area contributed by atoms with Gasteiger partial charge < -0.3 is 5.32 Å². The van der Waals surface area contributed by atoms with Crippen LogP contribution in [0, 0.1) is 0 Å². The lowest BCUT2D eigenvalue weighted by atomic mass is 9.89. The number of nitrogens with zero attached hydrogens (tertiary/aromatic N) is 1. The second-order valence-electron chi connectivity index (χ2n) is 7.29. The molecule has 2 aromatic rings. The van der Waals surface area contributed by atoms with Crippen molar-refractivity contribution in [3.63, 3.8) is 0 Å². The summed E-state index contributed by atoms with van der Waals surface area (Å²) in [6.07, 6.45) is 0.0291. The number of rotatable bonds is 3. The molecule has 2 aliphatic heterocycles. The molecule has 1 saturated heterocycles. The molecule has 0 bridgehead atoms. The molecule has 1 atom stereocenters. The van der Waals surface area contributed by atoms with Gasteiger partial charge in [-0.25, -0.2) is 0 Å². The van der Waals surface area contributed by atoms with Crippen molar-refractivity contribution in [2.24, 2.45) is 0 Å². The average Bonchev–Trinajstić information content (AvgIpc) is 2.97. The predicted molar refractivity (Wildman–Crippen MR) is 114 cm³/mol. The summed E-state index contributed by atoms with van der Waals surface area (Å²) in [6, 6.07) is 10.8. The highest BCUT2D eigenvalue weighted by molar-refractivity contribution is 6.31. The third-order valence-corrected chi connectivity index (χ3v) is 5.56. The summed E-state index contributed by atoms with van der Waals surface area (Å²) in [6.45, 7) is 1.45. The third kappa shape index (κ3) is 3.59. The van der Waals surface area contributed by atoms with Crippen LogP contribution in [0.25, 0.3) is 0 Å². The molecule has 9 heteroatoms. The van der Waals surface area contributed by atoms with E-state index in [0.29, 0.717) is 5.02 Å². The smallest absolute Gasteiger partial charge is 0.264 e. The van der Waals surface area contributed by atoms with Crippen LogP contribution >= 0.6 is 11.6 Å². The minimum atomic E-state index is -1.50. The van der Waals surface area contributed by atoms with E-state index in [9.17, 15) is 24.0 Å². The first-order valence-electron chi connectivity index (χ1n) is 9.15. The fraction of sp³-hybridized carbons (Fsp3) is 0.227. The summed E-state index contributed by atoms with van der Waals surface area (Å²) < 4.78 is 0. The first-order valence-corrected chi connectivity index (χ1v) is 9.53. The van der Waals surface area contributed by atoms with Gasteiger partial charge in [-0.3, -0.25) is 34.2 Å². The maximum atomic E-state index is 13.2. The Bertz CT molecular complexity index is 1150. The van der Waals surface area contributed by atoms with E-state index in [-0.39, 0.29) is 42.6 Å². The molecule has 160 valence electrons. The van der Waals surface area contributed by atoms with Crippen molar-refractivity contribution >= 4 is 46.8 Å². The quantitative estimate of drug-likeness (QED) is 0.711. The van der Waals surface area contributed by atoms with Crippen LogP contribution in [0.5, 0.6) is 0 Å². The molecule has 0 aromatic heterocycles. The van der Waals surface area contributed by atoms with Crippen LogP contribution in [0.3, 0.4) is 0 Å². The Hall–Kier alpha value is -3.52. The second-order valence-corrected chi connectivity index (χ2v) is 7.73. The van der Waals surface area contributed by atoms with Gasteiger partial charge in [0, 0.05) is 17.0 Å². The summed E-state index contributed by atoms with van der Waals surface area (Å²) in [5.74, 6) is -3.03. The van der Waals surface area contributed by atoms with E-state index in [1.165, 1.54) is 31.2 Å². The SMILES string of the molecule is C.CC1(N2C(=O)c3cccc(NC(=O)c4cccc(Cl)c4)c3C2=O)CCC(=O)NC1=O. The third-order valence-electron chi connectivity index (χ3n) is 5.32. The highest BCUT2D eigenvalue weighted by Crippen LogP contribution is 2.37. The summed E-state index contributed by atoms with van der Waals surface area (Å²) in [7, 11) is 0. The fourth-order valence-corrected chi connectivity index (χ4v) is 3.86. The number of imide groups is 2. The first-order chi connectivity index (χ1) is 14.2. The summed E-state index contributed by atoms with van der Waals surface area (Å²) in [5.41, 5.74) is -0.992. The molecule has 8 nitrogen and oxygen atoms in total. The number of halogens is 1. The van der Waals surface area contributed by atoms with E-state index >= 15 is 0 Å². The number of carbonyl (C=O) groups is 5. The van der Waals surface area contributed by atoms with Crippen molar-refractivity contribution in [3.05, 3.63) is 64.2 Å². The van der Waals surface area contributed by atoms with Gasteiger partial charge in [0.05, 0.1) is 16.8 Å². The number of amides is 5. The van der Waals surface area contributed by atoms with Crippen molar-refractivity contribution in [1.29, 1.82) is 0 Å². The Labute approximate surface area is 183 Å². The lowest BCUT2D eigenvalue weighted by Crippen LogP contribution is -2.62. The van der Waals surface area contributed by atoms with Crippen LogP contribution in [0.1, 0.15) is 58.3 Å². The number of fused-ring (bicyclic) bond motifs is 1. The molecule has 4 rings (SSSR count). The Kier molecular flexibility index (Phi) is 5.69. The van der Waals surface area contributed by atoms with Crippen molar-refractivity contribution < 1.29 is 24.0 Å². The second kappa shape index (κ2) is 7.96. The maximum absolute atomic E-state index is 13.2. The molecule has 1 fully saturated rings. The highest BCUT2D eigenvalue weighted by Gasteiger charge is 2.53. The molecule has 0 saturated carbocycles. The predicted octanol–water partition coefficient (Wildman–Crippen LogP) is 3.02. The topological polar surface area (TPSA) is 113 Å². The first kappa shape index (κ1) is 22.2. The average molecular weight is 442 g/mol. The van der Waals surface area contributed by atoms with Gasteiger partial charge in [-0.05, 0) is 43.7 Å². The fourth-order valence-electron chi connectivity index (χ4n) is 3.67. The largest absolute Gasteiger partial charge is 0.321 e. The van der Waals surface area contributed by atoms with Gasteiger partial charge in [0.1, 0.15) is 5.54 Å². The van der Waals surface area contributed by atoms with Crippen LogP contribution in [0.15, 0.2) is 42.5 Å². The molecule has 2 N–H and O–H groups in total. The van der Waals surface area contributed by atoms with Crippen molar-refractivity contribution in [3.8, 4) is 0 Å². The van der Waals surface area contributed by atoms with Crippen LogP contribution < -0.4 is 10.6 Å². The zero-order valence-electron chi connectivity index (χ0n) is 15.8. The Morgan fingerprint density at radius 2 is 1.81 bits per heavy atom. The lowest BCUT2D eigenvalue weighted by molar-refractivity contribution is -0.140. The molecule has 2 aromatic carbocycles. The van der Waals surface area contributed by atoms with Crippen molar-refractivity contribution in [1.82, 2.24) is 10.2 Å². The minimum Gasteiger partial charge on any atom is -0.321 e. The van der Waals surface area contributed by atoms with Crippen LogP contribution in [-0.4, -0.2) is 40.0 Å². The van der Waals surface area contributed by atoms with Gasteiger partial charge in [0.15, 0.2) is 0 Å². The number of piperidine rings is 1. The molecule has 1 unspecified atom stereocenters. The molecular weight excluding hydrogens is 422 g/mol. The standard InChI is InChI=1S/C21H16ClN3O5.CH4/c1-21(9-8-15(26)24-20(21)30)25-18(28)13-6-3-7-14(16(13)19(25)29)23-17(27)11-4-2-5-12(22)10-11;/h2-7,10H,8-9H2,1H3,(H,23,27)(H,24,26,30);1H4.